The van der Waals surface area contributed by atoms with Gasteiger partial charge in [0.15, 0.2) is 0 Å². The molecule has 1 aromatic heterocycles. The van der Waals surface area contributed by atoms with E-state index in [1.54, 1.807) is 0 Å². The van der Waals surface area contributed by atoms with Crippen molar-refractivity contribution < 1.29 is 12.9 Å². The molecule has 7 heteroatoms. The highest BCUT2D eigenvalue weighted by molar-refractivity contribution is 7.73. The van der Waals surface area contributed by atoms with Crippen LogP contribution in [-0.4, -0.2) is 22.5 Å². The van der Waals surface area contributed by atoms with Gasteiger partial charge in [-0.3, -0.25) is 4.52 Å². The predicted octanol–water partition coefficient (Wildman–Crippen LogP) is 10.2. The molecule has 0 bridgehead atoms. The quantitative estimate of drug-likeness (QED) is 0.125. The lowest BCUT2D eigenvalue weighted by Gasteiger charge is -2.20. The summed E-state index contributed by atoms with van der Waals surface area (Å²) >= 11 is 0. The fourth-order valence-corrected chi connectivity index (χ4v) is 12.7. The average Bonchev–Trinajstić information content (AvgIpc) is 3.22. The summed E-state index contributed by atoms with van der Waals surface area (Å²) in [5, 5.41) is 12.3. The molecule has 0 fully saturated rings. The molecule has 0 spiro atoms. The van der Waals surface area contributed by atoms with Crippen LogP contribution in [0.1, 0.15) is 0 Å². The largest absolute Gasteiger partial charge is 0.399 e. The van der Waals surface area contributed by atoms with E-state index in [0.717, 1.165) is 21.9 Å². The second-order valence-electron chi connectivity index (χ2n) is 14.0. The highest BCUT2D eigenvalue weighted by Gasteiger charge is 2.28. The molecule has 0 aliphatic carbocycles. The zero-order valence-corrected chi connectivity index (χ0v) is 31.2. The van der Waals surface area contributed by atoms with Gasteiger partial charge in [0, 0.05) is 10.8 Å². The van der Waals surface area contributed by atoms with Crippen LogP contribution in [-0.2, 0) is 0 Å². The SMILES string of the molecule is C[Si](C)(C)c1cc2ccccc2c2c1op(OCP(c1ccccc1)c1ccccc1)oc1c([Si](C)(C)C)cc3ccccc3c12. The summed E-state index contributed by atoms with van der Waals surface area (Å²) < 4.78 is 21.1. The van der Waals surface area contributed by atoms with Crippen molar-refractivity contribution in [1.29, 1.82) is 0 Å². The minimum Gasteiger partial charge on any atom is -0.399 e. The van der Waals surface area contributed by atoms with Crippen molar-refractivity contribution >= 4 is 96.8 Å². The van der Waals surface area contributed by atoms with Crippen LogP contribution < -0.4 is 25.5 Å². The van der Waals surface area contributed by atoms with Crippen LogP contribution in [0.5, 0.6) is 0 Å². The number of fused-ring (bicyclic) bond motifs is 7. The van der Waals surface area contributed by atoms with E-state index in [1.807, 2.05) is 0 Å². The van der Waals surface area contributed by atoms with E-state index < -0.39 is 32.3 Å². The Bertz CT molecular complexity index is 2080. The third-order valence-electron chi connectivity index (χ3n) is 8.63. The molecule has 1 heterocycles. The van der Waals surface area contributed by atoms with Crippen molar-refractivity contribution in [3.05, 3.63) is 121 Å². The fraction of sp³-hybridized carbons (Fsp3) is 0.179. The first-order chi connectivity index (χ1) is 22.1. The second kappa shape index (κ2) is 12.3. The Hall–Kier alpha value is -3.44. The summed E-state index contributed by atoms with van der Waals surface area (Å²) in [5.41, 5.74) is 1.87. The summed E-state index contributed by atoms with van der Waals surface area (Å²) in [6.07, 6.45) is 0.505. The highest BCUT2D eigenvalue weighted by Crippen LogP contribution is 2.42. The molecule has 0 aliphatic heterocycles. The lowest BCUT2D eigenvalue weighted by molar-refractivity contribution is 0.437. The third kappa shape index (κ3) is 5.92. The maximum atomic E-state index is 7.12. The number of rotatable bonds is 7. The van der Waals surface area contributed by atoms with Crippen molar-refractivity contribution in [2.45, 2.75) is 39.3 Å². The second-order valence-corrected chi connectivity index (χ2v) is 27.3. The fourth-order valence-electron chi connectivity index (χ4n) is 6.30. The van der Waals surface area contributed by atoms with Crippen LogP contribution >= 0.6 is 16.2 Å². The Morgan fingerprint density at radius 2 is 0.935 bits per heavy atom. The Morgan fingerprint density at radius 1 is 0.543 bits per heavy atom. The van der Waals surface area contributed by atoms with Crippen LogP contribution in [0, 0.1) is 0 Å². The molecule has 0 saturated heterocycles. The Labute approximate surface area is 275 Å². The van der Waals surface area contributed by atoms with E-state index in [1.165, 1.54) is 42.5 Å². The van der Waals surface area contributed by atoms with E-state index in [0.29, 0.717) is 6.35 Å². The molecule has 46 heavy (non-hydrogen) atoms. The van der Waals surface area contributed by atoms with Gasteiger partial charge in [-0.15, -0.1) is 0 Å². The Balaban J connectivity index is 1.59. The smallest absolute Gasteiger partial charge is 0.387 e. The van der Waals surface area contributed by atoms with Gasteiger partial charge in [-0.25, -0.2) is 0 Å². The van der Waals surface area contributed by atoms with Gasteiger partial charge in [0.05, 0.1) is 22.5 Å². The van der Waals surface area contributed by atoms with Crippen LogP contribution in [0.15, 0.2) is 130 Å². The molecule has 0 aliphatic rings. The molecule has 0 N–H and O–H groups in total. The molecule has 7 aromatic rings. The molecule has 7 rings (SSSR count). The molecule has 0 atom stereocenters. The van der Waals surface area contributed by atoms with Crippen molar-refractivity contribution in [1.82, 2.24) is 0 Å². The summed E-state index contributed by atoms with van der Waals surface area (Å²) in [4.78, 5) is 0. The summed E-state index contributed by atoms with van der Waals surface area (Å²) in [7, 11) is -6.31. The van der Waals surface area contributed by atoms with Gasteiger partial charge in [0.2, 0.25) is 0 Å². The van der Waals surface area contributed by atoms with Gasteiger partial charge >= 0.3 is 8.24 Å². The monoisotopic (exact) mass is 674 g/mol. The molecule has 0 saturated carbocycles. The van der Waals surface area contributed by atoms with E-state index in [9.17, 15) is 0 Å². The molecular formula is C39H40O3P2Si2. The summed E-state index contributed by atoms with van der Waals surface area (Å²) in [6, 6.07) is 43.7. The number of hydrogen-bond donors (Lipinski definition) is 0. The molecule has 6 aromatic carbocycles. The predicted molar refractivity (Wildman–Crippen MR) is 208 cm³/mol. The standard InChI is InChI=1S/C39H40O3P2Si2/c1-45(2,3)34-25-28-17-13-15-23-32(28)36-37-33-24-16-14-18-29(33)26-35(46(4,5)6)39(37)42-44(41-38(34)36)40-27-43(30-19-9-7-10-20-30)31-21-11-8-12-22-31/h7-26H,27H2,1-6H3. The van der Waals surface area contributed by atoms with Crippen molar-refractivity contribution in [2.24, 2.45) is 0 Å². The van der Waals surface area contributed by atoms with Gasteiger partial charge in [-0.2, -0.15) is 0 Å². The third-order valence-corrected chi connectivity index (χ3v) is 16.0. The van der Waals surface area contributed by atoms with Crippen molar-refractivity contribution in [2.75, 3.05) is 6.35 Å². The highest BCUT2D eigenvalue weighted by atomic mass is 31.1. The zero-order valence-electron chi connectivity index (χ0n) is 27.4. The number of hydrogen-bond acceptors (Lipinski definition) is 3. The van der Waals surface area contributed by atoms with Gasteiger partial charge in [0.25, 0.3) is 0 Å². The van der Waals surface area contributed by atoms with Gasteiger partial charge in [-0.05, 0) is 50.4 Å². The normalized spacial score (nSPS) is 12.5. The molecular weight excluding hydrogens is 635 g/mol. The van der Waals surface area contributed by atoms with E-state index in [2.05, 4.69) is 161 Å². The topological polar surface area (TPSA) is 35.5 Å². The minimum atomic E-state index is -1.88. The summed E-state index contributed by atoms with van der Waals surface area (Å²) in [5.74, 6) is 0. The lowest BCUT2D eigenvalue weighted by Crippen LogP contribution is -2.38. The van der Waals surface area contributed by atoms with E-state index >= 15 is 0 Å². The maximum Gasteiger partial charge on any atom is 0.387 e. The minimum absolute atomic E-state index is 0.505. The molecule has 232 valence electrons. The molecule has 0 amide bonds. The first kappa shape index (κ1) is 31.2. The van der Waals surface area contributed by atoms with Gasteiger partial charge in [0.1, 0.15) is 11.2 Å². The summed E-state index contributed by atoms with van der Waals surface area (Å²) in [6.45, 7) is 14.4. The average molecular weight is 675 g/mol. The number of benzene rings is 6. The first-order valence-corrected chi connectivity index (χ1v) is 25.5. The first-order valence-electron chi connectivity index (χ1n) is 15.9. The Kier molecular flexibility index (Phi) is 8.34. The van der Waals surface area contributed by atoms with E-state index in [4.69, 9.17) is 12.9 Å². The zero-order chi connectivity index (χ0) is 32.1. The molecule has 0 unspecified atom stereocenters. The van der Waals surface area contributed by atoms with Gasteiger partial charge < -0.3 is 8.39 Å². The van der Waals surface area contributed by atoms with Crippen LogP contribution in [0.3, 0.4) is 0 Å². The van der Waals surface area contributed by atoms with Crippen molar-refractivity contribution in [3.8, 4) is 0 Å². The van der Waals surface area contributed by atoms with E-state index in [-0.39, 0.29) is 0 Å². The van der Waals surface area contributed by atoms with Crippen LogP contribution in [0.4, 0.5) is 0 Å². The maximum absolute atomic E-state index is 7.12. The molecule has 0 radical (unpaired) electrons. The van der Waals surface area contributed by atoms with Gasteiger partial charge in [-0.1, -0.05) is 161 Å². The lowest BCUT2D eigenvalue weighted by atomic mass is 9.98. The van der Waals surface area contributed by atoms with Crippen LogP contribution in [0.2, 0.25) is 39.3 Å². The molecule has 3 nitrogen and oxygen atoms in total. The van der Waals surface area contributed by atoms with Crippen LogP contribution in [0.25, 0.3) is 43.5 Å². The van der Waals surface area contributed by atoms with Crippen molar-refractivity contribution in [3.63, 3.8) is 0 Å². The Morgan fingerprint density at radius 3 is 1.35 bits per heavy atom.